The highest BCUT2D eigenvalue weighted by Crippen LogP contribution is 2.22. The second-order valence-corrected chi connectivity index (χ2v) is 6.58. The number of benzene rings is 2. The Kier molecular flexibility index (Phi) is 5.56. The van der Waals surface area contributed by atoms with Crippen molar-refractivity contribution in [2.45, 2.75) is 26.7 Å². The molecule has 5 heteroatoms. The van der Waals surface area contributed by atoms with Gasteiger partial charge >= 0.3 is 0 Å². The fourth-order valence-corrected chi connectivity index (χ4v) is 3.08. The largest absolute Gasteiger partial charge is 0.483 e. The number of carbonyl (C=O) groups excluding carboxylic acids is 2. The lowest BCUT2D eigenvalue weighted by Gasteiger charge is -2.18. The van der Waals surface area contributed by atoms with Crippen LogP contribution in [0.1, 0.15) is 34.3 Å². The van der Waals surface area contributed by atoms with Crippen LogP contribution in [0.3, 0.4) is 0 Å². The van der Waals surface area contributed by atoms with Crippen LogP contribution in [0.4, 0.5) is 5.69 Å². The minimum absolute atomic E-state index is 0.0335. The van der Waals surface area contributed by atoms with Crippen LogP contribution in [-0.2, 0) is 4.79 Å². The van der Waals surface area contributed by atoms with E-state index in [1.807, 2.05) is 49.1 Å². The standard InChI is InChI=1S/C21H24N2O3/c1-15-8-7-11-19(16(15)2)26-14-20(24)22-18-10-4-3-9-17(18)21(25)23-12-5-6-13-23/h3-4,7-11H,5-6,12-14H2,1-2H3,(H,22,24). The molecule has 0 aliphatic carbocycles. The Labute approximate surface area is 154 Å². The second-order valence-electron chi connectivity index (χ2n) is 6.58. The smallest absolute Gasteiger partial charge is 0.262 e. The van der Waals surface area contributed by atoms with Gasteiger partial charge in [0.2, 0.25) is 0 Å². The van der Waals surface area contributed by atoms with Crippen LogP contribution in [0, 0.1) is 13.8 Å². The first-order valence-electron chi connectivity index (χ1n) is 8.93. The Bertz CT molecular complexity index is 811. The number of anilines is 1. The van der Waals surface area contributed by atoms with Crippen LogP contribution in [0.2, 0.25) is 0 Å². The van der Waals surface area contributed by atoms with Crippen LogP contribution in [0.5, 0.6) is 5.75 Å². The van der Waals surface area contributed by atoms with E-state index < -0.39 is 0 Å². The molecule has 1 heterocycles. The number of para-hydroxylation sites is 1. The van der Waals surface area contributed by atoms with E-state index in [0.29, 0.717) is 17.0 Å². The molecule has 1 aliphatic heterocycles. The SMILES string of the molecule is Cc1cccc(OCC(=O)Nc2ccccc2C(=O)N2CCCC2)c1C. The van der Waals surface area contributed by atoms with E-state index in [2.05, 4.69) is 5.32 Å². The molecular weight excluding hydrogens is 328 g/mol. The van der Waals surface area contributed by atoms with Gasteiger partial charge in [-0.1, -0.05) is 24.3 Å². The number of nitrogens with one attached hydrogen (secondary N) is 1. The number of likely N-dealkylation sites (tertiary alicyclic amines) is 1. The topological polar surface area (TPSA) is 58.6 Å². The summed E-state index contributed by atoms with van der Waals surface area (Å²) in [5, 5.41) is 2.81. The van der Waals surface area contributed by atoms with Gasteiger partial charge in [0.25, 0.3) is 11.8 Å². The lowest BCUT2D eigenvalue weighted by atomic mass is 10.1. The van der Waals surface area contributed by atoms with E-state index in [1.54, 1.807) is 12.1 Å². The zero-order valence-corrected chi connectivity index (χ0v) is 15.2. The number of ether oxygens (including phenoxy) is 1. The van der Waals surface area contributed by atoms with Gasteiger partial charge in [-0.25, -0.2) is 0 Å². The van der Waals surface area contributed by atoms with Crippen molar-refractivity contribution in [3.63, 3.8) is 0 Å². The van der Waals surface area contributed by atoms with Crippen LogP contribution < -0.4 is 10.1 Å². The van der Waals surface area contributed by atoms with E-state index >= 15 is 0 Å². The fourth-order valence-electron chi connectivity index (χ4n) is 3.08. The molecule has 0 bridgehead atoms. The molecule has 26 heavy (non-hydrogen) atoms. The highest BCUT2D eigenvalue weighted by atomic mass is 16.5. The summed E-state index contributed by atoms with van der Waals surface area (Å²) in [6, 6.07) is 12.9. The van der Waals surface area contributed by atoms with Gasteiger partial charge in [0, 0.05) is 13.1 Å². The summed E-state index contributed by atoms with van der Waals surface area (Å²) in [4.78, 5) is 26.8. The van der Waals surface area contributed by atoms with Crippen LogP contribution >= 0.6 is 0 Å². The van der Waals surface area contributed by atoms with E-state index in [0.717, 1.165) is 37.1 Å². The highest BCUT2D eigenvalue weighted by molar-refractivity contribution is 6.04. The van der Waals surface area contributed by atoms with Crippen molar-refractivity contribution in [1.82, 2.24) is 4.90 Å². The molecule has 0 spiro atoms. The van der Waals surface area contributed by atoms with Gasteiger partial charge in [0.1, 0.15) is 5.75 Å². The number of aryl methyl sites for hydroxylation is 1. The third kappa shape index (κ3) is 4.04. The molecular formula is C21H24N2O3. The minimum Gasteiger partial charge on any atom is -0.483 e. The molecule has 1 fully saturated rings. The summed E-state index contributed by atoms with van der Waals surface area (Å²) in [7, 11) is 0. The molecule has 5 nitrogen and oxygen atoms in total. The molecule has 0 radical (unpaired) electrons. The van der Waals surface area contributed by atoms with Crippen LogP contribution in [0.25, 0.3) is 0 Å². The number of amides is 2. The van der Waals surface area contributed by atoms with Gasteiger partial charge in [0.05, 0.1) is 11.3 Å². The summed E-state index contributed by atoms with van der Waals surface area (Å²) in [6.45, 7) is 5.42. The van der Waals surface area contributed by atoms with Crippen molar-refractivity contribution >= 4 is 17.5 Å². The molecule has 2 amide bonds. The Morgan fingerprint density at radius 2 is 1.77 bits per heavy atom. The first kappa shape index (κ1) is 18.0. The molecule has 136 valence electrons. The maximum absolute atomic E-state index is 12.7. The second kappa shape index (κ2) is 8.04. The van der Waals surface area contributed by atoms with Crippen molar-refractivity contribution in [2.24, 2.45) is 0 Å². The maximum atomic E-state index is 12.7. The van der Waals surface area contributed by atoms with Gasteiger partial charge in [0.15, 0.2) is 6.61 Å². The number of nitrogens with zero attached hydrogens (tertiary/aromatic N) is 1. The number of hydrogen-bond acceptors (Lipinski definition) is 3. The summed E-state index contributed by atoms with van der Waals surface area (Å²) < 4.78 is 5.64. The quantitative estimate of drug-likeness (QED) is 0.895. The van der Waals surface area contributed by atoms with Crippen molar-refractivity contribution in [1.29, 1.82) is 0 Å². The third-order valence-corrected chi connectivity index (χ3v) is 4.74. The summed E-state index contributed by atoms with van der Waals surface area (Å²) in [6.07, 6.45) is 2.06. The predicted octanol–water partition coefficient (Wildman–Crippen LogP) is 3.56. The Balaban J connectivity index is 1.66. The minimum atomic E-state index is -0.285. The Hall–Kier alpha value is -2.82. The van der Waals surface area contributed by atoms with Gasteiger partial charge in [-0.05, 0) is 56.0 Å². The van der Waals surface area contributed by atoms with Crippen LogP contribution in [0.15, 0.2) is 42.5 Å². The zero-order valence-electron chi connectivity index (χ0n) is 15.2. The predicted molar refractivity (Wildman–Crippen MR) is 102 cm³/mol. The molecule has 3 rings (SSSR count). The molecule has 0 aromatic heterocycles. The lowest BCUT2D eigenvalue weighted by molar-refractivity contribution is -0.118. The monoisotopic (exact) mass is 352 g/mol. The number of hydrogen-bond donors (Lipinski definition) is 1. The van der Waals surface area contributed by atoms with E-state index in [4.69, 9.17) is 4.74 Å². The van der Waals surface area contributed by atoms with E-state index in [-0.39, 0.29) is 18.4 Å². The molecule has 1 saturated heterocycles. The number of rotatable bonds is 5. The average Bonchev–Trinajstić information content (AvgIpc) is 3.17. The molecule has 0 atom stereocenters. The molecule has 0 unspecified atom stereocenters. The van der Waals surface area contributed by atoms with Gasteiger partial charge in [-0.3, -0.25) is 9.59 Å². The van der Waals surface area contributed by atoms with E-state index in [9.17, 15) is 9.59 Å². The summed E-state index contributed by atoms with van der Waals surface area (Å²) in [5.74, 6) is 0.378. The lowest BCUT2D eigenvalue weighted by Crippen LogP contribution is -2.29. The Morgan fingerprint density at radius 3 is 2.54 bits per heavy atom. The zero-order chi connectivity index (χ0) is 18.5. The van der Waals surface area contributed by atoms with Crippen molar-refractivity contribution in [3.8, 4) is 5.75 Å². The van der Waals surface area contributed by atoms with Gasteiger partial charge in [-0.2, -0.15) is 0 Å². The van der Waals surface area contributed by atoms with Gasteiger partial charge in [-0.15, -0.1) is 0 Å². The van der Waals surface area contributed by atoms with Crippen molar-refractivity contribution in [2.75, 3.05) is 25.0 Å². The first-order valence-corrected chi connectivity index (χ1v) is 8.93. The summed E-state index contributed by atoms with van der Waals surface area (Å²) in [5.41, 5.74) is 3.18. The number of carbonyl (C=O) groups is 2. The van der Waals surface area contributed by atoms with Crippen molar-refractivity contribution in [3.05, 3.63) is 59.2 Å². The highest BCUT2D eigenvalue weighted by Gasteiger charge is 2.22. The molecule has 1 N–H and O–H groups in total. The summed E-state index contributed by atoms with van der Waals surface area (Å²) >= 11 is 0. The molecule has 2 aromatic carbocycles. The van der Waals surface area contributed by atoms with Gasteiger partial charge < -0.3 is 15.0 Å². The van der Waals surface area contributed by atoms with E-state index in [1.165, 1.54) is 0 Å². The average molecular weight is 352 g/mol. The Morgan fingerprint density at radius 1 is 1.04 bits per heavy atom. The van der Waals surface area contributed by atoms with Crippen LogP contribution in [-0.4, -0.2) is 36.4 Å². The molecule has 0 saturated carbocycles. The maximum Gasteiger partial charge on any atom is 0.262 e. The molecule has 1 aliphatic rings. The molecule has 2 aromatic rings. The fraction of sp³-hybridized carbons (Fsp3) is 0.333. The normalized spacial score (nSPS) is 13.5. The third-order valence-electron chi connectivity index (χ3n) is 4.74. The van der Waals surface area contributed by atoms with Crippen molar-refractivity contribution < 1.29 is 14.3 Å². The first-order chi connectivity index (χ1) is 12.6.